The van der Waals surface area contributed by atoms with E-state index in [0.717, 1.165) is 5.56 Å². The van der Waals surface area contributed by atoms with Gasteiger partial charge >= 0.3 is 0 Å². The molecule has 0 radical (unpaired) electrons. The van der Waals surface area contributed by atoms with Crippen molar-refractivity contribution < 1.29 is 14.2 Å². The lowest BCUT2D eigenvalue weighted by Crippen LogP contribution is -2.22. The third-order valence-electron chi connectivity index (χ3n) is 4.50. The highest BCUT2D eigenvalue weighted by atomic mass is 16.5. The van der Waals surface area contributed by atoms with Gasteiger partial charge in [-0.05, 0) is 30.9 Å². The second kappa shape index (κ2) is 7.55. The molecule has 0 amide bonds. The molecular weight excluding hydrogens is 266 g/mol. The van der Waals surface area contributed by atoms with Crippen LogP contribution in [-0.4, -0.2) is 21.3 Å². The lowest BCUT2D eigenvalue weighted by Gasteiger charge is -2.25. The largest absolute Gasteiger partial charge is 0.493 e. The second-order valence-electron chi connectivity index (χ2n) is 5.70. The summed E-state index contributed by atoms with van der Waals surface area (Å²) in [6.45, 7) is 0. The fourth-order valence-corrected chi connectivity index (χ4v) is 3.31. The predicted molar refractivity (Wildman–Crippen MR) is 84.2 cm³/mol. The van der Waals surface area contributed by atoms with Gasteiger partial charge in [-0.2, -0.15) is 0 Å². The molecule has 1 aliphatic carbocycles. The SMILES string of the molecule is COc1ccc(C(N)C2CCCCCC2)c(OC)c1OC. The number of ether oxygens (including phenoxy) is 3. The van der Waals surface area contributed by atoms with Crippen LogP contribution in [0, 0.1) is 5.92 Å². The van der Waals surface area contributed by atoms with Crippen molar-refractivity contribution in [3.05, 3.63) is 17.7 Å². The minimum atomic E-state index is -0.0159. The molecule has 2 N–H and O–H groups in total. The quantitative estimate of drug-likeness (QED) is 0.841. The summed E-state index contributed by atoms with van der Waals surface area (Å²) in [5.74, 6) is 2.51. The Morgan fingerprint density at radius 1 is 0.905 bits per heavy atom. The van der Waals surface area contributed by atoms with E-state index in [-0.39, 0.29) is 6.04 Å². The van der Waals surface area contributed by atoms with E-state index in [2.05, 4.69) is 0 Å². The van der Waals surface area contributed by atoms with Crippen molar-refractivity contribution in [3.63, 3.8) is 0 Å². The first kappa shape index (κ1) is 16.0. The van der Waals surface area contributed by atoms with E-state index in [9.17, 15) is 0 Å². The molecule has 1 unspecified atom stereocenters. The van der Waals surface area contributed by atoms with E-state index < -0.39 is 0 Å². The van der Waals surface area contributed by atoms with E-state index in [0.29, 0.717) is 23.2 Å². The van der Waals surface area contributed by atoms with Crippen molar-refractivity contribution in [3.8, 4) is 17.2 Å². The molecule has 1 saturated carbocycles. The van der Waals surface area contributed by atoms with E-state index >= 15 is 0 Å². The number of nitrogens with two attached hydrogens (primary N) is 1. The maximum absolute atomic E-state index is 6.55. The highest BCUT2D eigenvalue weighted by Crippen LogP contribution is 2.44. The van der Waals surface area contributed by atoms with Crippen LogP contribution >= 0.6 is 0 Å². The van der Waals surface area contributed by atoms with Crippen LogP contribution in [0.3, 0.4) is 0 Å². The normalized spacial score (nSPS) is 17.9. The summed E-state index contributed by atoms with van der Waals surface area (Å²) in [5, 5.41) is 0. The van der Waals surface area contributed by atoms with Gasteiger partial charge in [-0.15, -0.1) is 0 Å². The second-order valence-corrected chi connectivity index (χ2v) is 5.70. The number of hydrogen-bond acceptors (Lipinski definition) is 4. The maximum Gasteiger partial charge on any atom is 0.203 e. The van der Waals surface area contributed by atoms with Gasteiger partial charge in [0.2, 0.25) is 5.75 Å². The van der Waals surface area contributed by atoms with Gasteiger partial charge in [0.1, 0.15) is 0 Å². The van der Waals surface area contributed by atoms with Crippen molar-refractivity contribution in [2.24, 2.45) is 11.7 Å². The summed E-state index contributed by atoms with van der Waals surface area (Å²) in [5.41, 5.74) is 7.57. The zero-order chi connectivity index (χ0) is 15.2. The Morgan fingerprint density at radius 2 is 1.52 bits per heavy atom. The Balaban J connectivity index is 2.33. The number of benzene rings is 1. The highest BCUT2D eigenvalue weighted by molar-refractivity contribution is 5.56. The first-order chi connectivity index (χ1) is 10.2. The zero-order valence-electron chi connectivity index (χ0n) is 13.4. The summed E-state index contributed by atoms with van der Waals surface area (Å²) >= 11 is 0. The van der Waals surface area contributed by atoms with E-state index in [1.54, 1.807) is 21.3 Å². The lowest BCUT2D eigenvalue weighted by molar-refractivity contribution is 0.313. The molecule has 21 heavy (non-hydrogen) atoms. The summed E-state index contributed by atoms with van der Waals surface area (Å²) in [4.78, 5) is 0. The van der Waals surface area contributed by atoms with Crippen LogP contribution in [0.15, 0.2) is 12.1 Å². The minimum absolute atomic E-state index is 0.0159. The molecule has 4 heteroatoms. The summed E-state index contributed by atoms with van der Waals surface area (Å²) in [7, 11) is 4.91. The fraction of sp³-hybridized carbons (Fsp3) is 0.647. The standard InChI is InChI=1S/C17H27NO3/c1-19-14-11-10-13(16(20-2)17(14)21-3)15(18)12-8-6-4-5-7-9-12/h10-12,15H,4-9,18H2,1-3H3. The maximum atomic E-state index is 6.55. The number of hydrogen-bond donors (Lipinski definition) is 1. The van der Waals surface area contributed by atoms with Gasteiger partial charge < -0.3 is 19.9 Å². The van der Waals surface area contributed by atoms with Crippen molar-refractivity contribution in [1.29, 1.82) is 0 Å². The molecule has 1 aliphatic rings. The fourth-order valence-electron chi connectivity index (χ4n) is 3.31. The van der Waals surface area contributed by atoms with Gasteiger partial charge in [-0.3, -0.25) is 0 Å². The van der Waals surface area contributed by atoms with Gasteiger partial charge in [0, 0.05) is 11.6 Å². The van der Waals surface area contributed by atoms with E-state index in [1.807, 2.05) is 12.1 Å². The summed E-state index contributed by atoms with van der Waals surface area (Å²) in [6.07, 6.45) is 7.58. The van der Waals surface area contributed by atoms with Gasteiger partial charge in [0.25, 0.3) is 0 Å². The molecule has 4 nitrogen and oxygen atoms in total. The summed E-state index contributed by atoms with van der Waals surface area (Å²) in [6, 6.07) is 3.90. The third kappa shape index (κ3) is 3.43. The molecule has 0 aliphatic heterocycles. The van der Waals surface area contributed by atoms with Crippen LogP contribution < -0.4 is 19.9 Å². The predicted octanol–water partition coefficient (Wildman–Crippen LogP) is 3.68. The van der Waals surface area contributed by atoms with Crippen molar-refractivity contribution in [2.75, 3.05) is 21.3 Å². The molecule has 1 aromatic rings. The molecule has 0 bridgehead atoms. The zero-order valence-corrected chi connectivity index (χ0v) is 13.4. The third-order valence-corrected chi connectivity index (χ3v) is 4.50. The Labute approximate surface area is 127 Å². The molecular formula is C17H27NO3. The lowest BCUT2D eigenvalue weighted by atomic mass is 9.87. The Hall–Kier alpha value is -1.42. The van der Waals surface area contributed by atoms with Crippen molar-refractivity contribution in [1.82, 2.24) is 0 Å². The smallest absolute Gasteiger partial charge is 0.203 e. The Kier molecular flexibility index (Phi) is 5.74. The van der Waals surface area contributed by atoms with Crippen LogP contribution in [0.25, 0.3) is 0 Å². The van der Waals surface area contributed by atoms with E-state index in [1.165, 1.54) is 38.5 Å². The average Bonchev–Trinajstić information content (AvgIpc) is 2.81. The first-order valence-corrected chi connectivity index (χ1v) is 7.77. The first-order valence-electron chi connectivity index (χ1n) is 7.77. The molecule has 0 spiro atoms. The van der Waals surface area contributed by atoms with Crippen LogP contribution in [0.4, 0.5) is 0 Å². The number of methoxy groups -OCH3 is 3. The van der Waals surface area contributed by atoms with Gasteiger partial charge in [-0.25, -0.2) is 0 Å². The Morgan fingerprint density at radius 3 is 2.05 bits per heavy atom. The molecule has 1 aromatic carbocycles. The van der Waals surface area contributed by atoms with Crippen LogP contribution in [0.2, 0.25) is 0 Å². The summed E-state index contributed by atoms with van der Waals surface area (Å²) < 4.78 is 16.4. The van der Waals surface area contributed by atoms with Gasteiger partial charge in [-0.1, -0.05) is 25.7 Å². The molecule has 1 atom stereocenters. The van der Waals surface area contributed by atoms with Crippen molar-refractivity contribution >= 4 is 0 Å². The van der Waals surface area contributed by atoms with Crippen molar-refractivity contribution in [2.45, 2.75) is 44.6 Å². The van der Waals surface area contributed by atoms with Crippen LogP contribution in [0.1, 0.15) is 50.1 Å². The number of rotatable bonds is 5. The monoisotopic (exact) mass is 293 g/mol. The Bertz CT molecular complexity index is 454. The highest BCUT2D eigenvalue weighted by Gasteiger charge is 2.26. The average molecular weight is 293 g/mol. The molecule has 0 heterocycles. The van der Waals surface area contributed by atoms with Crippen LogP contribution in [-0.2, 0) is 0 Å². The molecule has 0 aromatic heterocycles. The van der Waals surface area contributed by atoms with E-state index in [4.69, 9.17) is 19.9 Å². The molecule has 118 valence electrons. The van der Waals surface area contributed by atoms with Gasteiger partial charge in [0.15, 0.2) is 11.5 Å². The minimum Gasteiger partial charge on any atom is -0.493 e. The molecule has 2 rings (SSSR count). The molecule has 1 fully saturated rings. The molecule has 0 saturated heterocycles. The topological polar surface area (TPSA) is 53.7 Å². The van der Waals surface area contributed by atoms with Gasteiger partial charge in [0.05, 0.1) is 21.3 Å². The van der Waals surface area contributed by atoms with Crippen LogP contribution in [0.5, 0.6) is 17.2 Å².